The molecule has 1 fully saturated rings. The third-order valence-electron chi connectivity index (χ3n) is 3.52. The van der Waals surface area contributed by atoms with Crippen LogP contribution in [-0.2, 0) is 10.0 Å². The monoisotopic (exact) mass is 233 g/mol. The Labute approximate surface area is 93.9 Å². The molecule has 0 aromatic carbocycles. The minimum Gasteiger partial charge on any atom is -0.213 e. The quantitative estimate of drug-likeness (QED) is 0.745. The van der Waals surface area contributed by atoms with Gasteiger partial charge in [-0.25, -0.2) is 12.7 Å². The molecule has 0 amide bonds. The first-order chi connectivity index (χ1) is 6.95. The van der Waals surface area contributed by atoms with Gasteiger partial charge in [0.1, 0.15) is 0 Å². The first-order valence-corrected chi connectivity index (χ1v) is 7.75. The maximum atomic E-state index is 11.3. The van der Waals surface area contributed by atoms with Gasteiger partial charge in [-0.1, -0.05) is 26.7 Å². The summed E-state index contributed by atoms with van der Waals surface area (Å²) in [6.45, 7) is 5.95. The number of rotatable bonds is 4. The third-order valence-corrected chi connectivity index (χ3v) is 4.82. The highest BCUT2D eigenvalue weighted by molar-refractivity contribution is 7.88. The molecule has 0 aromatic heterocycles. The van der Waals surface area contributed by atoms with E-state index in [1.807, 2.05) is 0 Å². The van der Waals surface area contributed by atoms with Crippen molar-refractivity contribution < 1.29 is 8.42 Å². The summed E-state index contributed by atoms with van der Waals surface area (Å²) in [6, 6.07) is 0. The van der Waals surface area contributed by atoms with Crippen LogP contribution >= 0.6 is 0 Å². The van der Waals surface area contributed by atoms with E-state index in [1.165, 1.54) is 19.1 Å². The molecule has 1 rings (SSSR count). The van der Waals surface area contributed by atoms with E-state index in [1.54, 1.807) is 4.31 Å². The van der Waals surface area contributed by atoms with Crippen LogP contribution in [0.5, 0.6) is 0 Å². The molecule has 0 aromatic rings. The number of sulfonamides is 1. The second-order valence-corrected chi connectivity index (χ2v) is 6.75. The Bertz CT molecular complexity index is 279. The predicted molar refractivity (Wildman–Crippen MR) is 63.2 cm³/mol. The van der Waals surface area contributed by atoms with Crippen LogP contribution in [0.4, 0.5) is 0 Å². The molecule has 4 heteroatoms. The summed E-state index contributed by atoms with van der Waals surface area (Å²) in [5.74, 6) is 1.47. The second-order valence-electron chi connectivity index (χ2n) is 4.77. The van der Waals surface area contributed by atoms with E-state index in [0.29, 0.717) is 0 Å². The highest BCUT2D eigenvalue weighted by Crippen LogP contribution is 2.28. The van der Waals surface area contributed by atoms with E-state index in [9.17, 15) is 8.42 Å². The van der Waals surface area contributed by atoms with E-state index in [-0.39, 0.29) is 0 Å². The Morgan fingerprint density at radius 3 is 2.27 bits per heavy atom. The summed E-state index contributed by atoms with van der Waals surface area (Å²) in [4.78, 5) is 0. The third kappa shape index (κ3) is 3.76. The highest BCUT2D eigenvalue weighted by Gasteiger charge is 2.27. The summed E-state index contributed by atoms with van der Waals surface area (Å²) in [6.07, 6.45) is 5.88. The molecule has 0 spiro atoms. The van der Waals surface area contributed by atoms with Gasteiger partial charge in [0, 0.05) is 13.1 Å². The van der Waals surface area contributed by atoms with Crippen LogP contribution in [0.15, 0.2) is 0 Å². The van der Waals surface area contributed by atoms with Crippen molar-refractivity contribution in [3.8, 4) is 0 Å². The molecule has 0 bridgehead atoms. The van der Waals surface area contributed by atoms with E-state index in [4.69, 9.17) is 0 Å². The Hall–Kier alpha value is -0.0900. The molecule has 3 nitrogen and oxygen atoms in total. The zero-order chi connectivity index (χ0) is 11.5. The van der Waals surface area contributed by atoms with Crippen molar-refractivity contribution in [1.29, 1.82) is 0 Å². The van der Waals surface area contributed by atoms with E-state index in [2.05, 4.69) is 13.8 Å². The Balaban J connectivity index is 2.42. The second kappa shape index (κ2) is 5.30. The molecule has 1 unspecified atom stereocenters. The summed E-state index contributed by atoms with van der Waals surface area (Å²) >= 11 is 0. The van der Waals surface area contributed by atoms with Crippen molar-refractivity contribution in [2.45, 2.75) is 39.5 Å². The average Bonchev–Trinajstić information content (AvgIpc) is 2.17. The van der Waals surface area contributed by atoms with Gasteiger partial charge < -0.3 is 0 Å². The zero-order valence-corrected chi connectivity index (χ0v) is 10.9. The van der Waals surface area contributed by atoms with Crippen LogP contribution in [0.2, 0.25) is 0 Å². The molecule has 0 aliphatic carbocycles. The van der Waals surface area contributed by atoms with E-state index < -0.39 is 10.0 Å². The fourth-order valence-corrected chi connectivity index (χ4v) is 3.34. The van der Waals surface area contributed by atoms with Crippen molar-refractivity contribution in [2.24, 2.45) is 11.8 Å². The van der Waals surface area contributed by atoms with E-state index >= 15 is 0 Å². The van der Waals surface area contributed by atoms with Gasteiger partial charge in [0.05, 0.1) is 6.26 Å². The summed E-state index contributed by atoms with van der Waals surface area (Å²) in [5, 5.41) is 0. The molecule has 90 valence electrons. The first kappa shape index (κ1) is 13.0. The lowest BCUT2D eigenvalue weighted by molar-refractivity contribution is 0.209. The fourth-order valence-electron chi connectivity index (χ4n) is 2.47. The lowest BCUT2D eigenvalue weighted by Gasteiger charge is -2.33. The van der Waals surface area contributed by atoms with Gasteiger partial charge in [-0.05, 0) is 24.7 Å². The molecule has 15 heavy (non-hydrogen) atoms. The molecule has 1 aliphatic rings. The molecule has 0 radical (unpaired) electrons. The van der Waals surface area contributed by atoms with Crippen molar-refractivity contribution in [3.63, 3.8) is 0 Å². The zero-order valence-electron chi connectivity index (χ0n) is 10.1. The maximum Gasteiger partial charge on any atom is 0.211 e. The fraction of sp³-hybridized carbons (Fsp3) is 1.00. The maximum absolute atomic E-state index is 11.3. The van der Waals surface area contributed by atoms with Crippen molar-refractivity contribution in [1.82, 2.24) is 4.31 Å². The van der Waals surface area contributed by atoms with Gasteiger partial charge in [-0.3, -0.25) is 0 Å². The van der Waals surface area contributed by atoms with Crippen LogP contribution in [0, 0.1) is 11.8 Å². The topological polar surface area (TPSA) is 37.4 Å². The Kier molecular flexibility index (Phi) is 4.59. The Morgan fingerprint density at radius 1 is 1.33 bits per heavy atom. The number of hydrogen-bond acceptors (Lipinski definition) is 2. The van der Waals surface area contributed by atoms with Crippen LogP contribution in [0.3, 0.4) is 0 Å². The van der Waals surface area contributed by atoms with E-state index in [0.717, 1.165) is 37.8 Å². The summed E-state index contributed by atoms with van der Waals surface area (Å²) in [7, 11) is -2.95. The van der Waals surface area contributed by atoms with Crippen molar-refractivity contribution >= 4 is 10.0 Å². The minimum absolute atomic E-state index is 0.720. The largest absolute Gasteiger partial charge is 0.213 e. The van der Waals surface area contributed by atoms with Gasteiger partial charge >= 0.3 is 0 Å². The van der Waals surface area contributed by atoms with Gasteiger partial charge in [0.15, 0.2) is 0 Å². The lowest BCUT2D eigenvalue weighted by Crippen LogP contribution is -2.39. The Morgan fingerprint density at radius 2 is 1.87 bits per heavy atom. The lowest BCUT2D eigenvalue weighted by atomic mass is 9.83. The van der Waals surface area contributed by atoms with Crippen LogP contribution in [-0.4, -0.2) is 32.1 Å². The molecule has 1 heterocycles. The minimum atomic E-state index is -2.95. The summed E-state index contributed by atoms with van der Waals surface area (Å²) in [5.41, 5.74) is 0. The SMILES string of the molecule is CCCC(C)C1CCN(S(C)(=O)=O)CC1. The first-order valence-electron chi connectivity index (χ1n) is 5.90. The molecular formula is C11H23NO2S. The van der Waals surface area contributed by atoms with Crippen molar-refractivity contribution in [3.05, 3.63) is 0 Å². The molecule has 1 saturated heterocycles. The standard InChI is InChI=1S/C11H23NO2S/c1-4-5-10(2)11-6-8-12(9-7-11)15(3,13)14/h10-11H,4-9H2,1-3H3. The normalized spacial score (nSPS) is 22.9. The van der Waals surface area contributed by atoms with Gasteiger partial charge in [0.2, 0.25) is 10.0 Å². The predicted octanol–water partition coefficient (Wildman–Crippen LogP) is 2.09. The van der Waals surface area contributed by atoms with Crippen LogP contribution in [0.1, 0.15) is 39.5 Å². The molecule has 1 aliphatic heterocycles. The van der Waals surface area contributed by atoms with Crippen molar-refractivity contribution in [2.75, 3.05) is 19.3 Å². The molecule has 0 saturated carbocycles. The summed E-state index contributed by atoms with van der Waals surface area (Å²) < 4.78 is 24.2. The van der Waals surface area contributed by atoms with Gasteiger partial charge in [-0.15, -0.1) is 0 Å². The number of hydrogen-bond donors (Lipinski definition) is 0. The van der Waals surface area contributed by atoms with Gasteiger partial charge in [-0.2, -0.15) is 0 Å². The average molecular weight is 233 g/mol. The molecule has 0 N–H and O–H groups in total. The van der Waals surface area contributed by atoms with Crippen LogP contribution in [0.25, 0.3) is 0 Å². The number of piperidine rings is 1. The van der Waals surface area contributed by atoms with Crippen LogP contribution < -0.4 is 0 Å². The molecular weight excluding hydrogens is 210 g/mol. The highest BCUT2D eigenvalue weighted by atomic mass is 32.2. The molecule has 1 atom stereocenters. The van der Waals surface area contributed by atoms with Gasteiger partial charge in [0.25, 0.3) is 0 Å². The smallest absolute Gasteiger partial charge is 0.211 e. The number of nitrogens with zero attached hydrogens (tertiary/aromatic N) is 1.